The Hall–Kier alpha value is -2.37. The maximum Gasteiger partial charge on any atom is 0.292 e. The van der Waals surface area contributed by atoms with Crippen LogP contribution in [-0.4, -0.2) is 26.2 Å². The second-order valence-corrected chi connectivity index (χ2v) is 6.43. The molecule has 5 heteroatoms. The number of aryl methyl sites for hydroxylation is 1. The van der Waals surface area contributed by atoms with Gasteiger partial charge in [-0.15, -0.1) is 0 Å². The van der Waals surface area contributed by atoms with Gasteiger partial charge in [0.05, 0.1) is 32.6 Å². The van der Waals surface area contributed by atoms with Gasteiger partial charge in [-0.3, -0.25) is 4.79 Å². The van der Waals surface area contributed by atoms with Crippen LogP contribution in [0.15, 0.2) is 42.5 Å². The number of nitrogens with zero attached hydrogens (tertiary/aromatic N) is 1. The van der Waals surface area contributed by atoms with Crippen molar-refractivity contribution in [2.45, 2.75) is 25.7 Å². The molecule has 0 saturated carbocycles. The van der Waals surface area contributed by atoms with Crippen LogP contribution >= 0.6 is 0 Å². The van der Waals surface area contributed by atoms with E-state index in [1.54, 1.807) is 12.0 Å². The number of carbonyl (C=O) groups is 1. The van der Waals surface area contributed by atoms with E-state index in [4.69, 9.17) is 14.2 Å². The fraction of sp³-hybridized carbons (Fsp3) is 0.350. The minimum Gasteiger partial charge on any atom is -0.497 e. The first kappa shape index (κ1) is 16.1. The first-order valence-electron chi connectivity index (χ1n) is 8.48. The van der Waals surface area contributed by atoms with Crippen molar-refractivity contribution in [3.63, 3.8) is 0 Å². The van der Waals surface area contributed by atoms with Gasteiger partial charge in [-0.2, -0.15) is 0 Å². The molecule has 25 heavy (non-hydrogen) atoms. The topological polar surface area (TPSA) is 48.0 Å². The van der Waals surface area contributed by atoms with E-state index in [0.29, 0.717) is 19.8 Å². The highest BCUT2D eigenvalue weighted by atomic mass is 16.7. The summed E-state index contributed by atoms with van der Waals surface area (Å²) < 4.78 is 17.0. The predicted octanol–water partition coefficient (Wildman–Crippen LogP) is 3.14. The van der Waals surface area contributed by atoms with Crippen molar-refractivity contribution in [3.05, 3.63) is 59.2 Å². The number of fused-ring (bicyclic) bond motifs is 2. The summed E-state index contributed by atoms with van der Waals surface area (Å²) in [5.74, 6) is -0.641. The molecule has 1 fully saturated rings. The minimum atomic E-state index is -1.29. The molecule has 0 radical (unpaired) electrons. The summed E-state index contributed by atoms with van der Waals surface area (Å²) in [6.45, 7) is 3.52. The predicted molar refractivity (Wildman–Crippen MR) is 93.6 cm³/mol. The molecule has 2 aromatic carbocycles. The Morgan fingerprint density at radius 3 is 2.52 bits per heavy atom. The summed E-state index contributed by atoms with van der Waals surface area (Å²) in [4.78, 5) is 15.0. The summed E-state index contributed by atoms with van der Waals surface area (Å²) >= 11 is 0. The van der Waals surface area contributed by atoms with E-state index in [1.165, 1.54) is 0 Å². The molecule has 1 saturated heterocycles. The summed E-state index contributed by atoms with van der Waals surface area (Å²) in [6.07, 6.45) is 0.800. The Balaban J connectivity index is 1.72. The highest BCUT2D eigenvalue weighted by Crippen LogP contribution is 2.46. The normalized spacial score (nSPS) is 18.5. The number of hydrogen-bond acceptors (Lipinski definition) is 4. The van der Waals surface area contributed by atoms with E-state index in [0.717, 1.165) is 34.5 Å². The van der Waals surface area contributed by atoms with Crippen LogP contribution < -0.4 is 9.64 Å². The largest absolute Gasteiger partial charge is 0.497 e. The lowest BCUT2D eigenvalue weighted by molar-refractivity contribution is -0.256. The molecule has 1 spiro atoms. The van der Waals surface area contributed by atoms with Crippen molar-refractivity contribution < 1.29 is 19.0 Å². The van der Waals surface area contributed by atoms with Crippen LogP contribution in [0.1, 0.15) is 23.1 Å². The molecule has 2 aliphatic heterocycles. The van der Waals surface area contributed by atoms with Gasteiger partial charge >= 0.3 is 0 Å². The SMILES string of the molecule is COc1ccc(CN2C(=O)C3(OCCCO3)c3cc(C)ccc32)cc1. The zero-order chi connectivity index (χ0) is 17.4. The quantitative estimate of drug-likeness (QED) is 0.862. The van der Waals surface area contributed by atoms with Crippen LogP contribution in [0.5, 0.6) is 5.75 Å². The number of benzene rings is 2. The monoisotopic (exact) mass is 339 g/mol. The fourth-order valence-electron chi connectivity index (χ4n) is 3.43. The highest BCUT2D eigenvalue weighted by molar-refractivity contribution is 6.06. The molecule has 0 unspecified atom stereocenters. The molecule has 130 valence electrons. The van der Waals surface area contributed by atoms with E-state index in [-0.39, 0.29) is 5.91 Å². The number of carbonyl (C=O) groups excluding carboxylic acids is 1. The maximum atomic E-state index is 13.2. The molecule has 2 heterocycles. The molecule has 5 nitrogen and oxygen atoms in total. The van der Waals surface area contributed by atoms with Gasteiger partial charge in [0.25, 0.3) is 11.7 Å². The standard InChI is InChI=1S/C20H21NO4/c1-14-4-9-18-17(12-14)20(24-10-3-11-25-20)19(22)21(18)13-15-5-7-16(23-2)8-6-15/h4-9,12H,3,10-11,13H2,1-2H3. The van der Waals surface area contributed by atoms with Gasteiger partial charge in [-0.05, 0) is 43.2 Å². The van der Waals surface area contributed by atoms with E-state index in [9.17, 15) is 4.79 Å². The number of rotatable bonds is 3. The van der Waals surface area contributed by atoms with Gasteiger partial charge in [-0.1, -0.05) is 23.8 Å². The van der Waals surface area contributed by atoms with Gasteiger partial charge in [0, 0.05) is 5.56 Å². The van der Waals surface area contributed by atoms with Crippen LogP contribution in [0.25, 0.3) is 0 Å². The third-order valence-electron chi connectivity index (χ3n) is 4.72. The lowest BCUT2D eigenvalue weighted by Crippen LogP contribution is -2.47. The van der Waals surface area contributed by atoms with Crippen molar-refractivity contribution in [3.8, 4) is 5.75 Å². The third-order valence-corrected chi connectivity index (χ3v) is 4.72. The highest BCUT2D eigenvalue weighted by Gasteiger charge is 2.54. The molecule has 4 rings (SSSR count). The van der Waals surface area contributed by atoms with Crippen LogP contribution in [0.4, 0.5) is 5.69 Å². The van der Waals surface area contributed by atoms with Crippen molar-refractivity contribution in [1.29, 1.82) is 0 Å². The Morgan fingerprint density at radius 1 is 1.12 bits per heavy atom. The number of anilines is 1. The second kappa shape index (κ2) is 6.17. The van der Waals surface area contributed by atoms with Crippen molar-refractivity contribution in [2.24, 2.45) is 0 Å². The molecular formula is C20H21NO4. The molecule has 1 amide bonds. The fourth-order valence-corrected chi connectivity index (χ4v) is 3.43. The second-order valence-electron chi connectivity index (χ2n) is 6.43. The minimum absolute atomic E-state index is 0.149. The zero-order valence-electron chi connectivity index (χ0n) is 14.5. The Bertz CT molecular complexity index is 794. The summed E-state index contributed by atoms with van der Waals surface area (Å²) in [5, 5.41) is 0. The van der Waals surface area contributed by atoms with E-state index >= 15 is 0 Å². The van der Waals surface area contributed by atoms with Crippen LogP contribution in [0.3, 0.4) is 0 Å². The van der Waals surface area contributed by atoms with Crippen LogP contribution in [0.2, 0.25) is 0 Å². The Labute approximate surface area is 147 Å². The summed E-state index contributed by atoms with van der Waals surface area (Å²) in [6, 6.07) is 13.7. The summed E-state index contributed by atoms with van der Waals surface area (Å²) in [5.41, 5.74) is 3.77. The van der Waals surface area contributed by atoms with Gasteiger partial charge in [-0.25, -0.2) is 0 Å². The molecule has 0 aromatic heterocycles. The van der Waals surface area contributed by atoms with E-state index in [1.807, 2.05) is 49.4 Å². The third kappa shape index (κ3) is 2.60. The smallest absolute Gasteiger partial charge is 0.292 e. The van der Waals surface area contributed by atoms with Gasteiger partial charge in [0.1, 0.15) is 5.75 Å². The molecule has 2 aliphatic rings. The molecule has 0 bridgehead atoms. The summed E-state index contributed by atoms with van der Waals surface area (Å²) in [7, 11) is 1.64. The maximum absolute atomic E-state index is 13.2. The van der Waals surface area contributed by atoms with Crippen molar-refractivity contribution in [1.82, 2.24) is 0 Å². The average Bonchev–Trinajstić information content (AvgIpc) is 2.85. The average molecular weight is 339 g/mol. The molecular weight excluding hydrogens is 318 g/mol. The number of hydrogen-bond donors (Lipinski definition) is 0. The van der Waals surface area contributed by atoms with E-state index in [2.05, 4.69) is 0 Å². The lowest BCUT2D eigenvalue weighted by Gasteiger charge is -2.32. The number of methoxy groups -OCH3 is 1. The van der Waals surface area contributed by atoms with Crippen LogP contribution in [-0.2, 0) is 26.6 Å². The molecule has 0 aliphatic carbocycles. The first-order valence-corrected chi connectivity index (χ1v) is 8.48. The zero-order valence-corrected chi connectivity index (χ0v) is 14.5. The number of ether oxygens (including phenoxy) is 3. The van der Waals surface area contributed by atoms with Crippen molar-refractivity contribution >= 4 is 11.6 Å². The molecule has 2 aromatic rings. The van der Waals surface area contributed by atoms with Gasteiger partial charge in [0.2, 0.25) is 0 Å². The number of amides is 1. The van der Waals surface area contributed by atoms with Crippen LogP contribution in [0, 0.1) is 6.92 Å². The first-order chi connectivity index (χ1) is 12.1. The Kier molecular flexibility index (Phi) is 3.98. The van der Waals surface area contributed by atoms with Crippen molar-refractivity contribution in [2.75, 3.05) is 25.2 Å². The van der Waals surface area contributed by atoms with E-state index < -0.39 is 5.79 Å². The van der Waals surface area contributed by atoms with Gasteiger partial charge in [0.15, 0.2) is 0 Å². The van der Waals surface area contributed by atoms with Gasteiger partial charge < -0.3 is 19.1 Å². The molecule has 0 atom stereocenters. The Morgan fingerprint density at radius 2 is 1.84 bits per heavy atom. The molecule has 0 N–H and O–H groups in total. The lowest BCUT2D eigenvalue weighted by atomic mass is 10.0.